The summed E-state index contributed by atoms with van der Waals surface area (Å²) in [6.07, 6.45) is -1.36. The maximum atomic E-state index is 12.3. The first-order chi connectivity index (χ1) is 9.74. The molecule has 2 fully saturated rings. The van der Waals surface area contributed by atoms with Crippen LogP contribution in [0.2, 0.25) is 0 Å². The van der Waals surface area contributed by atoms with Crippen molar-refractivity contribution in [1.82, 2.24) is 10.2 Å². The first-order valence-electron chi connectivity index (χ1n) is 7.15. The van der Waals surface area contributed by atoms with Gasteiger partial charge in [0.05, 0.1) is 5.92 Å². The summed E-state index contributed by atoms with van der Waals surface area (Å²) in [7, 11) is 0. The van der Waals surface area contributed by atoms with E-state index in [2.05, 4.69) is 5.32 Å². The van der Waals surface area contributed by atoms with Gasteiger partial charge in [-0.1, -0.05) is 0 Å². The molecule has 5 nitrogen and oxygen atoms in total. The topological polar surface area (TPSA) is 75.4 Å². The Labute approximate surface area is 133 Å². The smallest absolute Gasteiger partial charge is 0.353 e. The van der Waals surface area contributed by atoms with Crippen molar-refractivity contribution in [3.8, 4) is 0 Å². The Morgan fingerprint density at radius 1 is 1.27 bits per heavy atom. The number of likely N-dealkylation sites (tertiary alicyclic amines) is 1. The summed E-state index contributed by atoms with van der Waals surface area (Å²) in [5, 5.41) is 2.83. The fourth-order valence-electron chi connectivity index (χ4n) is 2.90. The van der Waals surface area contributed by atoms with Crippen LogP contribution in [0.25, 0.3) is 0 Å². The number of nitrogens with zero attached hydrogens (tertiary/aromatic N) is 1. The van der Waals surface area contributed by atoms with Crippen LogP contribution in [-0.2, 0) is 9.59 Å². The largest absolute Gasteiger partial charge is 0.406 e. The molecule has 1 saturated carbocycles. The van der Waals surface area contributed by atoms with Crippen LogP contribution < -0.4 is 11.1 Å². The zero-order valence-electron chi connectivity index (χ0n) is 12.1. The second-order valence-electron chi connectivity index (χ2n) is 5.91. The lowest BCUT2D eigenvalue weighted by Gasteiger charge is -2.27. The van der Waals surface area contributed by atoms with Crippen LogP contribution in [0, 0.1) is 5.92 Å². The molecule has 0 aromatic heterocycles. The Kier molecular flexibility index (Phi) is 6.49. The summed E-state index contributed by atoms with van der Waals surface area (Å²) in [5.74, 6) is -1.62. The Hall–Kier alpha value is -1.02. The van der Waals surface area contributed by atoms with E-state index in [0.29, 0.717) is 4.90 Å². The summed E-state index contributed by atoms with van der Waals surface area (Å²) < 4.78 is 36.9. The number of halogens is 4. The SMILES string of the molecule is Cl.NC1CCC(NC(=O)C2CC(=O)N(CC(F)(F)F)C2)CC1. The van der Waals surface area contributed by atoms with Gasteiger partial charge in [0.25, 0.3) is 0 Å². The van der Waals surface area contributed by atoms with E-state index in [1.165, 1.54) is 0 Å². The monoisotopic (exact) mass is 343 g/mol. The van der Waals surface area contributed by atoms with Crippen molar-refractivity contribution in [2.24, 2.45) is 11.7 Å². The van der Waals surface area contributed by atoms with E-state index in [-0.39, 0.29) is 43.4 Å². The zero-order valence-corrected chi connectivity index (χ0v) is 12.9. The number of nitrogens with one attached hydrogen (secondary N) is 1. The maximum Gasteiger partial charge on any atom is 0.406 e. The molecule has 0 spiro atoms. The lowest BCUT2D eigenvalue weighted by atomic mass is 9.91. The van der Waals surface area contributed by atoms with Crippen LogP contribution in [0.3, 0.4) is 0 Å². The second kappa shape index (κ2) is 7.50. The molecule has 0 radical (unpaired) electrons. The van der Waals surface area contributed by atoms with Gasteiger partial charge in [-0.25, -0.2) is 0 Å². The quantitative estimate of drug-likeness (QED) is 0.808. The number of nitrogens with two attached hydrogens (primary N) is 1. The number of hydrogen-bond donors (Lipinski definition) is 2. The Bertz CT molecular complexity index is 412. The van der Waals surface area contributed by atoms with E-state index in [1.54, 1.807) is 0 Å². The maximum absolute atomic E-state index is 12.3. The van der Waals surface area contributed by atoms with E-state index >= 15 is 0 Å². The van der Waals surface area contributed by atoms with Crippen molar-refractivity contribution in [3.05, 3.63) is 0 Å². The van der Waals surface area contributed by atoms with Crippen molar-refractivity contribution in [3.63, 3.8) is 0 Å². The van der Waals surface area contributed by atoms with Crippen LogP contribution in [0.4, 0.5) is 13.2 Å². The fraction of sp³-hybridized carbons (Fsp3) is 0.846. The van der Waals surface area contributed by atoms with Gasteiger partial charge in [0, 0.05) is 25.0 Å². The molecule has 1 heterocycles. The highest BCUT2D eigenvalue weighted by molar-refractivity contribution is 5.89. The summed E-state index contributed by atoms with van der Waals surface area (Å²) in [6.45, 7) is -1.44. The van der Waals surface area contributed by atoms with Gasteiger partial charge in [-0.3, -0.25) is 9.59 Å². The van der Waals surface area contributed by atoms with E-state index in [0.717, 1.165) is 25.7 Å². The molecule has 9 heteroatoms. The average molecular weight is 344 g/mol. The standard InChI is InChI=1S/C13H20F3N3O2.ClH/c14-13(15,16)7-19-6-8(5-11(19)20)12(21)18-10-3-1-9(17)2-4-10;/h8-10H,1-7,17H2,(H,18,21);1H. The van der Waals surface area contributed by atoms with Gasteiger partial charge in [0.2, 0.25) is 11.8 Å². The minimum Gasteiger partial charge on any atom is -0.353 e. The fourth-order valence-corrected chi connectivity index (χ4v) is 2.90. The van der Waals surface area contributed by atoms with Crippen molar-refractivity contribution >= 4 is 24.2 Å². The molecule has 1 unspecified atom stereocenters. The molecule has 22 heavy (non-hydrogen) atoms. The van der Waals surface area contributed by atoms with Gasteiger partial charge in [0.15, 0.2) is 0 Å². The number of hydrogen-bond acceptors (Lipinski definition) is 3. The lowest BCUT2D eigenvalue weighted by molar-refractivity contribution is -0.157. The van der Waals surface area contributed by atoms with Crippen LogP contribution in [0.15, 0.2) is 0 Å². The van der Waals surface area contributed by atoms with Crippen LogP contribution >= 0.6 is 12.4 Å². The molecular formula is C13H21ClF3N3O2. The Morgan fingerprint density at radius 3 is 2.41 bits per heavy atom. The molecule has 0 aromatic rings. The van der Waals surface area contributed by atoms with E-state index in [1.807, 2.05) is 0 Å². The molecule has 0 aromatic carbocycles. The molecular weight excluding hydrogens is 323 g/mol. The van der Waals surface area contributed by atoms with Crippen LogP contribution in [0.1, 0.15) is 32.1 Å². The predicted octanol–water partition coefficient (Wildman–Crippen LogP) is 1.21. The Morgan fingerprint density at radius 2 is 1.86 bits per heavy atom. The van der Waals surface area contributed by atoms with Crippen molar-refractivity contribution in [2.45, 2.75) is 50.4 Å². The van der Waals surface area contributed by atoms with Gasteiger partial charge in [-0.15, -0.1) is 12.4 Å². The van der Waals surface area contributed by atoms with Crippen LogP contribution in [0.5, 0.6) is 0 Å². The molecule has 2 aliphatic rings. The number of carbonyl (C=O) groups excluding carboxylic acids is 2. The molecule has 1 aliphatic heterocycles. The Balaban J connectivity index is 0.00000242. The van der Waals surface area contributed by atoms with E-state index < -0.39 is 24.5 Å². The van der Waals surface area contributed by atoms with Crippen molar-refractivity contribution < 1.29 is 22.8 Å². The molecule has 1 atom stereocenters. The highest BCUT2D eigenvalue weighted by Gasteiger charge is 2.40. The van der Waals surface area contributed by atoms with Gasteiger partial charge >= 0.3 is 6.18 Å². The van der Waals surface area contributed by atoms with Gasteiger partial charge in [0.1, 0.15) is 6.54 Å². The number of amides is 2. The molecule has 128 valence electrons. The highest BCUT2D eigenvalue weighted by atomic mass is 35.5. The second-order valence-corrected chi connectivity index (χ2v) is 5.91. The minimum absolute atomic E-state index is 0. The van der Waals surface area contributed by atoms with Gasteiger partial charge in [-0.05, 0) is 25.7 Å². The predicted molar refractivity (Wildman–Crippen MR) is 76.4 cm³/mol. The number of rotatable bonds is 3. The lowest BCUT2D eigenvalue weighted by Crippen LogP contribution is -2.43. The number of alkyl halides is 3. The summed E-state index contributed by atoms with van der Waals surface area (Å²) >= 11 is 0. The normalized spacial score (nSPS) is 29.2. The van der Waals surface area contributed by atoms with Crippen molar-refractivity contribution in [1.29, 1.82) is 0 Å². The summed E-state index contributed by atoms with van der Waals surface area (Å²) in [6, 6.07) is 0.178. The third kappa shape index (κ3) is 5.31. The third-order valence-corrected chi connectivity index (χ3v) is 4.07. The first-order valence-corrected chi connectivity index (χ1v) is 7.15. The summed E-state index contributed by atoms with van der Waals surface area (Å²) in [4.78, 5) is 24.3. The first kappa shape index (κ1) is 19.0. The highest BCUT2D eigenvalue weighted by Crippen LogP contribution is 2.25. The van der Waals surface area contributed by atoms with Crippen molar-refractivity contribution in [2.75, 3.05) is 13.1 Å². The zero-order chi connectivity index (χ0) is 15.6. The number of carbonyl (C=O) groups is 2. The summed E-state index contributed by atoms with van der Waals surface area (Å²) in [5.41, 5.74) is 5.77. The van der Waals surface area contributed by atoms with Gasteiger partial charge < -0.3 is 16.0 Å². The average Bonchev–Trinajstić information content (AvgIpc) is 2.72. The van der Waals surface area contributed by atoms with Gasteiger partial charge in [-0.2, -0.15) is 13.2 Å². The molecule has 3 N–H and O–H groups in total. The van der Waals surface area contributed by atoms with Crippen LogP contribution in [-0.4, -0.2) is 48.1 Å². The molecule has 2 amide bonds. The van der Waals surface area contributed by atoms with E-state index in [4.69, 9.17) is 5.73 Å². The molecule has 1 saturated heterocycles. The molecule has 0 bridgehead atoms. The third-order valence-electron chi connectivity index (χ3n) is 4.07. The molecule has 2 rings (SSSR count). The minimum atomic E-state index is -4.43. The molecule has 1 aliphatic carbocycles. The van der Waals surface area contributed by atoms with E-state index in [9.17, 15) is 22.8 Å².